The van der Waals surface area contributed by atoms with Crippen LogP contribution in [0.25, 0.3) is 0 Å². The molecule has 0 unspecified atom stereocenters. The Hall–Kier alpha value is -0.990. The lowest BCUT2D eigenvalue weighted by atomic mass is 10.1. The number of sulfonamides is 1. The average Bonchev–Trinajstić information content (AvgIpc) is 2.40. The molecule has 1 aliphatic rings. The molecule has 1 saturated heterocycles. The van der Waals surface area contributed by atoms with Gasteiger partial charge < -0.3 is 4.90 Å². The smallest absolute Gasteiger partial charge is 0.256 e. The summed E-state index contributed by atoms with van der Waals surface area (Å²) in [6.45, 7) is 0.996. The van der Waals surface area contributed by atoms with E-state index < -0.39 is 21.7 Å². The standard InChI is InChI=1S/C12H14BrFN2O3S/c1-20(18,19)16-6-4-15(5-7-16)12(17)10-8-9(13)2-3-11(10)14/h2-3,8H,4-7H2,1H3. The van der Waals surface area contributed by atoms with Crippen LogP contribution < -0.4 is 0 Å². The fourth-order valence-corrected chi connectivity index (χ4v) is 3.24. The summed E-state index contributed by atoms with van der Waals surface area (Å²) in [6.07, 6.45) is 1.14. The molecule has 1 aromatic carbocycles. The number of benzene rings is 1. The zero-order chi connectivity index (χ0) is 14.9. The van der Waals surface area contributed by atoms with Crippen LogP contribution in [0.1, 0.15) is 10.4 Å². The van der Waals surface area contributed by atoms with Gasteiger partial charge in [0.1, 0.15) is 5.82 Å². The summed E-state index contributed by atoms with van der Waals surface area (Å²) >= 11 is 3.20. The maximum absolute atomic E-state index is 13.7. The van der Waals surface area contributed by atoms with Gasteiger partial charge >= 0.3 is 0 Å². The number of nitrogens with zero attached hydrogens (tertiary/aromatic N) is 2. The highest BCUT2D eigenvalue weighted by molar-refractivity contribution is 9.10. The first kappa shape index (κ1) is 15.4. The Balaban J connectivity index is 2.11. The van der Waals surface area contributed by atoms with Gasteiger partial charge in [-0.25, -0.2) is 12.8 Å². The Morgan fingerprint density at radius 2 is 1.85 bits per heavy atom. The van der Waals surface area contributed by atoms with E-state index in [-0.39, 0.29) is 31.7 Å². The van der Waals surface area contributed by atoms with Crippen LogP contribution in [0.2, 0.25) is 0 Å². The summed E-state index contributed by atoms with van der Waals surface area (Å²) < 4.78 is 38.4. The van der Waals surface area contributed by atoms with E-state index in [4.69, 9.17) is 0 Å². The van der Waals surface area contributed by atoms with Crippen molar-refractivity contribution >= 4 is 31.9 Å². The third-order valence-corrected chi connectivity index (χ3v) is 4.95. The van der Waals surface area contributed by atoms with Gasteiger partial charge in [-0.1, -0.05) is 15.9 Å². The summed E-state index contributed by atoms with van der Waals surface area (Å²) in [5.74, 6) is -0.999. The molecule has 20 heavy (non-hydrogen) atoms. The predicted octanol–water partition coefficient (Wildman–Crippen LogP) is 1.31. The van der Waals surface area contributed by atoms with Crippen molar-refractivity contribution in [1.29, 1.82) is 0 Å². The Morgan fingerprint density at radius 1 is 1.25 bits per heavy atom. The van der Waals surface area contributed by atoms with Gasteiger partial charge in [-0.3, -0.25) is 4.79 Å². The van der Waals surface area contributed by atoms with Gasteiger partial charge in [-0.2, -0.15) is 4.31 Å². The number of piperazine rings is 1. The third kappa shape index (κ3) is 3.36. The summed E-state index contributed by atoms with van der Waals surface area (Å²) in [6, 6.07) is 4.18. The van der Waals surface area contributed by atoms with Crippen LogP contribution in [0.4, 0.5) is 4.39 Å². The second-order valence-corrected chi connectivity index (χ2v) is 7.48. The van der Waals surface area contributed by atoms with Crippen molar-refractivity contribution in [2.45, 2.75) is 0 Å². The molecule has 1 fully saturated rings. The summed E-state index contributed by atoms with van der Waals surface area (Å²) in [5.41, 5.74) is -0.00724. The van der Waals surface area contributed by atoms with Crippen molar-refractivity contribution in [2.75, 3.05) is 32.4 Å². The molecule has 0 spiro atoms. The van der Waals surface area contributed by atoms with Crippen molar-refractivity contribution in [3.05, 3.63) is 34.1 Å². The molecule has 1 aromatic rings. The van der Waals surface area contributed by atoms with E-state index in [1.807, 2.05) is 0 Å². The largest absolute Gasteiger partial charge is 0.336 e. The Morgan fingerprint density at radius 3 is 2.40 bits per heavy atom. The van der Waals surface area contributed by atoms with Crippen LogP contribution in [0.15, 0.2) is 22.7 Å². The van der Waals surface area contributed by atoms with E-state index in [9.17, 15) is 17.6 Å². The van der Waals surface area contributed by atoms with Gasteiger partial charge in [0, 0.05) is 30.7 Å². The highest BCUT2D eigenvalue weighted by atomic mass is 79.9. The van der Waals surface area contributed by atoms with Crippen molar-refractivity contribution in [1.82, 2.24) is 9.21 Å². The molecule has 2 rings (SSSR count). The van der Waals surface area contributed by atoms with Crippen LogP contribution in [-0.2, 0) is 10.0 Å². The Bertz CT molecular complexity index is 628. The summed E-state index contributed by atoms with van der Waals surface area (Å²) in [5, 5.41) is 0. The van der Waals surface area contributed by atoms with E-state index in [1.54, 1.807) is 0 Å². The van der Waals surface area contributed by atoms with Crippen LogP contribution in [0.5, 0.6) is 0 Å². The maximum Gasteiger partial charge on any atom is 0.256 e. The Labute approximate surface area is 125 Å². The molecule has 110 valence electrons. The van der Waals surface area contributed by atoms with Crippen LogP contribution >= 0.6 is 15.9 Å². The second-order valence-electron chi connectivity index (χ2n) is 4.58. The monoisotopic (exact) mass is 364 g/mol. The zero-order valence-electron chi connectivity index (χ0n) is 10.8. The lowest BCUT2D eigenvalue weighted by molar-refractivity contribution is 0.0693. The van der Waals surface area contributed by atoms with Gasteiger partial charge in [0.05, 0.1) is 11.8 Å². The predicted molar refractivity (Wildman–Crippen MR) is 76.4 cm³/mol. The lowest BCUT2D eigenvalue weighted by Gasteiger charge is -2.33. The molecule has 0 N–H and O–H groups in total. The number of rotatable bonds is 2. The topological polar surface area (TPSA) is 57.7 Å². The fourth-order valence-electron chi connectivity index (χ4n) is 2.05. The number of carbonyl (C=O) groups is 1. The average molecular weight is 365 g/mol. The van der Waals surface area contributed by atoms with Gasteiger partial charge in [0.25, 0.3) is 5.91 Å². The zero-order valence-corrected chi connectivity index (χ0v) is 13.2. The molecule has 5 nitrogen and oxygen atoms in total. The Kier molecular flexibility index (Phi) is 4.46. The second kappa shape index (κ2) is 5.79. The van der Waals surface area contributed by atoms with Crippen molar-refractivity contribution in [3.63, 3.8) is 0 Å². The number of halogens is 2. The van der Waals surface area contributed by atoms with E-state index in [0.29, 0.717) is 4.47 Å². The molecule has 1 heterocycles. The molecule has 8 heteroatoms. The minimum Gasteiger partial charge on any atom is -0.336 e. The first-order valence-electron chi connectivity index (χ1n) is 5.98. The molecule has 0 radical (unpaired) electrons. The number of carbonyl (C=O) groups excluding carboxylic acids is 1. The SMILES string of the molecule is CS(=O)(=O)N1CCN(C(=O)c2cc(Br)ccc2F)CC1. The van der Waals surface area contributed by atoms with Crippen LogP contribution in [-0.4, -0.2) is 56.0 Å². The summed E-state index contributed by atoms with van der Waals surface area (Å²) in [4.78, 5) is 13.7. The van der Waals surface area contributed by atoms with Crippen molar-refractivity contribution < 1.29 is 17.6 Å². The van der Waals surface area contributed by atoms with E-state index in [0.717, 1.165) is 6.26 Å². The van der Waals surface area contributed by atoms with E-state index in [2.05, 4.69) is 15.9 Å². The molecule has 0 atom stereocenters. The van der Waals surface area contributed by atoms with Gasteiger partial charge in [-0.05, 0) is 18.2 Å². The normalized spacial score (nSPS) is 17.2. The number of hydrogen-bond donors (Lipinski definition) is 0. The molecule has 0 saturated carbocycles. The molecular formula is C12H14BrFN2O3S. The first-order chi connectivity index (χ1) is 9.29. The first-order valence-corrected chi connectivity index (χ1v) is 8.62. The minimum atomic E-state index is -3.24. The van der Waals surface area contributed by atoms with Gasteiger partial charge in [-0.15, -0.1) is 0 Å². The van der Waals surface area contributed by atoms with E-state index >= 15 is 0 Å². The van der Waals surface area contributed by atoms with Crippen LogP contribution in [0.3, 0.4) is 0 Å². The maximum atomic E-state index is 13.7. The van der Waals surface area contributed by atoms with Crippen molar-refractivity contribution in [3.8, 4) is 0 Å². The molecule has 0 bridgehead atoms. The van der Waals surface area contributed by atoms with Crippen molar-refractivity contribution in [2.24, 2.45) is 0 Å². The molecule has 1 aliphatic heterocycles. The quantitative estimate of drug-likeness (QED) is 0.794. The highest BCUT2D eigenvalue weighted by Gasteiger charge is 2.27. The van der Waals surface area contributed by atoms with Gasteiger partial charge in [0.15, 0.2) is 0 Å². The number of hydrogen-bond acceptors (Lipinski definition) is 3. The van der Waals surface area contributed by atoms with E-state index in [1.165, 1.54) is 27.4 Å². The molecule has 1 amide bonds. The minimum absolute atomic E-state index is 0.00724. The lowest BCUT2D eigenvalue weighted by Crippen LogP contribution is -2.50. The molecule has 0 aromatic heterocycles. The third-order valence-electron chi connectivity index (χ3n) is 3.15. The fraction of sp³-hybridized carbons (Fsp3) is 0.417. The van der Waals surface area contributed by atoms with Gasteiger partial charge in [0.2, 0.25) is 10.0 Å². The summed E-state index contributed by atoms with van der Waals surface area (Å²) in [7, 11) is -3.24. The van der Waals surface area contributed by atoms with Crippen LogP contribution in [0, 0.1) is 5.82 Å². The number of amides is 1. The molecule has 0 aliphatic carbocycles. The highest BCUT2D eigenvalue weighted by Crippen LogP contribution is 2.18. The molecular weight excluding hydrogens is 351 g/mol.